The topological polar surface area (TPSA) is 97.0 Å². The number of rotatable bonds is 5. The fraction of sp³-hybridized carbons (Fsp3) is 0.364. The molecule has 3 aliphatic rings. The molecule has 212 valence electrons. The van der Waals surface area contributed by atoms with Crippen LogP contribution in [-0.2, 0) is 22.4 Å². The Morgan fingerprint density at radius 3 is 2.44 bits per heavy atom. The Hall–Kier alpha value is -4.17. The van der Waals surface area contributed by atoms with E-state index in [1.165, 1.54) is 11.1 Å². The van der Waals surface area contributed by atoms with E-state index in [0.29, 0.717) is 35.4 Å². The first-order chi connectivity index (χ1) is 19.8. The highest BCUT2D eigenvalue weighted by Gasteiger charge is 2.39. The number of carbonyl (C=O) groups is 3. The number of aryl methyl sites for hydroxylation is 1. The lowest BCUT2D eigenvalue weighted by molar-refractivity contribution is -0.134. The van der Waals surface area contributed by atoms with Crippen LogP contribution < -0.4 is 15.4 Å². The lowest BCUT2D eigenvalue weighted by Crippen LogP contribution is -2.54. The van der Waals surface area contributed by atoms with E-state index < -0.39 is 0 Å². The van der Waals surface area contributed by atoms with Crippen molar-refractivity contribution in [1.29, 1.82) is 0 Å². The van der Waals surface area contributed by atoms with Crippen LogP contribution in [0.1, 0.15) is 56.7 Å². The van der Waals surface area contributed by atoms with E-state index in [2.05, 4.69) is 22.8 Å². The second kappa shape index (κ2) is 11.4. The summed E-state index contributed by atoms with van der Waals surface area (Å²) < 4.78 is 12.4. The molecule has 2 aliphatic heterocycles. The molecule has 41 heavy (non-hydrogen) atoms. The lowest BCUT2D eigenvalue weighted by atomic mass is 9.94. The molecule has 3 aromatic rings. The van der Waals surface area contributed by atoms with Gasteiger partial charge < -0.3 is 25.0 Å². The molecule has 6 rings (SSSR count). The molecular weight excluding hydrogens is 518 g/mol. The van der Waals surface area contributed by atoms with E-state index >= 15 is 0 Å². The van der Waals surface area contributed by atoms with E-state index in [1.54, 1.807) is 42.3 Å². The maximum Gasteiger partial charge on any atom is 0.257 e. The van der Waals surface area contributed by atoms with Gasteiger partial charge in [0.25, 0.3) is 11.8 Å². The Bertz CT molecular complexity index is 1440. The quantitative estimate of drug-likeness (QED) is 0.491. The van der Waals surface area contributed by atoms with E-state index in [-0.39, 0.29) is 55.0 Å². The van der Waals surface area contributed by atoms with Crippen LogP contribution in [0.15, 0.2) is 66.7 Å². The fourth-order valence-corrected chi connectivity index (χ4v) is 6.17. The second-order valence-electron chi connectivity index (χ2n) is 11.3. The molecule has 3 amide bonds. The molecule has 2 heterocycles. The second-order valence-corrected chi connectivity index (χ2v) is 11.3. The number of carbonyl (C=O) groups excluding carboxylic acids is 3. The number of benzene rings is 3. The van der Waals surface area contributed by atoms with E-state index in [0.717, 1.165) is 18.4 Å². The van der Waals surface area contributed by atoms with Crippen molar-refractivity contribution >= 4 is 23.4 Å². The van der Waals surface area contributed by atoms with Gasteiger partial charge in [0.15, 0.2) is 0 Å². The summed E-state index contributed by atoms with van der Waals surface area (Å²) in [5, 5.41) is 6.07. The molecule has 0 radical (unpaired) electrons. The molecule has 0 unspecified atom stereocenters. The summed E-state index contributed by atoms with van der Waals surface area (Å²) in [6.07, 6.45) is 2.81. The summed E-state index contributed by atoms with van der Waals surface area (Å²) in [4.78, 5) is 40.9. The van der Waals surface area contributed by atoms with Gasteiger partial charge in [0, 0.05) is 24.3 Å². The zero-order valence-corrected chi connectivity index (χ0v) is 23.4. The van der Waals surface area contributed by atoms with Crippen LogP contribution in [0.2, 0.25) is 0 Å². The first-order valence-corrected chi connectivity index (χ1v) is 14.3. The number of hydrogen-bond donors (Lipinski definition) is 2. The summed E-state index contributed by atoms with van der Waals surface area (Å²) in [7, 11) is 1.78. The summed E-state index contributed by atoms with van der Waals surface area (Å²) in [6, 6.07) is 20.7. The highest BCUT2D eigenvalue weighted by molar-refractivity contribution is 6.05. The number of amides is 3. The molecular formula is C33H35N3O5. The number of fused-ring (bicyclic) bond motifs is 3. The Labute approximate surface area is 240 Å². The van der Waals surface area contributed by atoms with Gasteiger partial charge in [0.2, 0.25) is 5.91 Å². The Balaban J connectivity index is 1.08. The molecule has 0 spiro atoms. The third-order valence-corrected chi connectivity index (χ3v) is 8.41. The number of likely N-dealkylation sites (N-methyl/N-ethyl adjacent to an activating group) is 1. The van der Waals surface area contributed by atoms with Gasteiger partial charge in [-0.1, -0.05) is 42.0 Å². The first-order valence-electron chi connectivity index (χ1n) is 14.3. The van der Waals surface area contributed by atoms with Crippen molar-refractivity contribution in [2.45, 2.75) is 63.3 Å². The number of nitrogens with zero attached hydrogens (tertiary/aromatic N) is 1. The third kappa shape index (κ3) is 5.84. The average Bonchev–Trinajstić information content (AvgIpc) is 3.37. The minimum atomic E-state index is -0.347. The van der Waals surface area contributed by atoms with Crippen molar-refractivity contribution in [3.63, 3.8) is 0 Å². The third-order valence-electron chi connectivity index (χ3n) is 8.41. The van der Waals surface area contributed by atoms with Crippen molar-refractivity contribution in [3.8, 4) is 5.75 Å². The molecule has 2 N–H and O–H groups in total. The summed E-state index contributed by atoms with van der Waals surface area (Å²) in [5.41, 5.74) is 5.13. The van der Waals surface area contributed by atoms with Crippen LogP contribution in [0.4, 0.5) is 5.69 Å². The predicted octanol–water partition coefficient (Wildman–Crippen LogP) is 4.30. The molecule has 1 fully saturated rings. The molecule has 8 nitrogen and oxygen atoms in total. The monoisotopic (exact) mass is 553 g/mol. The van der Waals surface area contributed by atoms with Gasteiger partial charge in [-0.25, -0.2) is 0 Å². The highest BCUT2D eigenvalue weighted by atomic mass is 16.5. The van der Waals surface area contributed by atoms with Crippen LogP contribution in [0.25, 0.3) is 0 Å². The van der Waals surface area contributed by atoms with Gasteiger partial charge in [-0.2, -0.15) is 0 Å². The Morgan fingerprint density at radius 2 is 1.71 bits per heavy atom. The summed E-state index contributed by atoms with van der Waals surface area (Å²) in [5.74, 6) is -0.00144. The molecule has 3 aromatic carbocycles. The van der Waals surface area contributed by atoms with Crippen molar-refractivity contribution in [3.05, 3.63) is 94.5 Å². The fourth-order valence-electron chi connectivity index (χ4n) is 6.17. The van der Waals surface area contributed by atoms with Crippen LogP contribution >= 0.6 is 0 Å². The zero-order chi connectivity index (χ0) is 28.5. The van der Waals surface area contributed by atoms with E-state index in [4.69, 9.17) is 9.47 Å². The van der Waals surface area contributed by atoms with Gasteiger partial charge in [-0.15, -0.1) is 0 Å². The van der Waals surface area contributed by atoms with Gasteiger partial charge in [-0.3, -0.25) is 14.4 Å². The van der Waals surface area contributed by atoms with Crippen molar-refractivity contribution in [1.82, 2.24) is 10.2 Å². The van der Waals surface area contributed by atoms with Gasteiger partial charge in [0.05, 0.1) is 24.1 Å². The van der Waals surface area contributed by atoms with Gasteiger partial charge in [0.1, 0.15) is 18.5 Å². The molecule has 0 aromatic heterocycles. The van der Waals surface area contributed by atoms with Gasteiger partial charge >= 0.3 is 0 Å². The van der Waals surface area contributed by atoms with Crippen LogP contribution in [0.3, 0.4) is 0 Å². The Kier molecular flexibility index (Phi) is 7.49. The summed E-state index contributed by atoms with van der Waals surface area (Å²) in [6.45, 7) is 2.23. The number of nitrogens with one attached hydrogen (secondary N) is 2. The minimum Gasteiger partial charge on any atom is -0.490 e. The number of ether oxygens (including phenoxy) is 2. The van der Waals surface area contributed by atoms with Crippen molar-refractivity contribution in [2.24, 2.45) is 0 Å². The molecule has 1 saturated heterocycles. The highest BCUT2D eigenvalue weighted by Crippen LogP contribution is 2.33. The maximum absolute atomic E-state index is 13.5. The molecule has 1 aliphatic carbocycles. The smallest absolute Gasteiger partial charge is 0.257 e. The maximum atomic E-state index is 13.5. The zero-order valence-electron chi connectivity index (χ0n) is 23.4. The largest absolute Gasteiger partial charge is 0.490 e. The van der Waals surface area contributed by atoms with Crippen LogP contribution in [0.5, 0.6) is 5.75 Å². The lowest BCUT2D eigenvalue weighted by Gasteiger charge is -2.42. The summed E-state index contributed by atoms with van der Waals surface area (Å²) >= 11 is 0. The normalized spacial score (nSPS) is 22.0. The molecule has 3 atom stereocenters. The minimum absolute atomic E-state index is 0.00647. The SMILES string of the molecule is Cc1ccc(C(=O)Nc2ccc3c(c2)C(=O)N(C)[C@H]2CC[C@@H](CC(=O)NC4Cc5ccccc5C4)O[C@H]2CO3)cc1. The molecule has 8 heteroatoms. The molecule has 0 bridgehead atoms. The molecule has 0 saturated carbocycles. The predicted molar refractivity (Wildman–Crippen MR) is 155 cm³/mol. The Morgan fingerprint density at radius 1 is 0.976 bits per heavy atom. The van der Waals surface area contributed by atoms with Crippen LogP contribution in [-0.4, -0.2) is 60.6 Å². The first kappa shape index (κ1) is 27.0. The van der Waals surface area contributed by atoms with E-state index in [1.807, 2.05) is 31.2 Å². The van der Waals surface area contributed by atoms with Crippen LogP contribution in [0, 0.1) is 6.92 Å². The van der Waals surface area contributed by atoms with Crippen molar-refractivity contribution < 1.29 is 23.9 Å². The van der Waals surface area contributed by atoms with Crippen molar-refractivity contribution in [2.75, 3.05) is 19.0 Å². The standard InChI is InChI=1S/C33H35N3O5/c1-20-7-9-21(10-8-20)32(38)35-24-11-14-29-27(17-24)33(39)36(2)28-13-12-26(41-30(28)19-40-29)18-31(37)34-25-15-22-5-3-4-6-23(22)16-25/h3-11,14,17,25-26,28,30H,12-13,15-16,18-19H2,1-2H3,(H,34,37)(H,35,38)/t26-,28-,30-/m0/s1. The number of anilines is 1. The average molecular weight is 554 g/mol. The van der Waals surface area contributed by atoms with Gasteiger partial charge in [-0.05, 0) is 74.1 Å². The number of hydrogen-bond acceptors (Lipinski definition) is 5. The van der Waals surface area contributed by atoms with E-state index in [9.17, 15) is 14.4 Å².